The van der Waals surface area contributed by atoms with E-state index in [0.29, 0.717) is 0 Å². The molecule has 1 unspecified atom stereocenters. The molecule has 5 heteroatoms. The molecular formula is C8H6FNO3. The van der Waals surface area contributed by atoms with Crippen LogP contribution >= 0.6 is 0 Å². The predicted molar refractivity (Wildman–Crippen MR) is 41.7 cm³/mol. The summed E-state index contributed by atoms with van der Waals surface area (Å²) in [6, 6.07) is 3.30. The maximum atomic E-state index is 12.8. The van der Waals surface area contributed by atoms with Crippen LogP contribution in [0.4, 0.5) is 4.39 Å². The minimum atomic E-state index is -1.86. The molecule has 68 valence electrons. The highest BCUT2D eigenvalue weighted by molar-refractivity contribution is 5.42. The lowest BCUT2D eigenvalue weighted by Gasteiger charge is -2.02. The van der Waals surface area contributed by atoms with Crippen molar-refractivity contribution in [2.45, 2.75) is 6.30 Å². The third-order valence-corrected chi connectivity index (χ3v) is 1.44. The van der Waals surface area contributed by atoms with Crippen molar-refractivity contribution >= 4 is 6.08 Å². The van der Waals surface area contributed by atoms with Gasteiger partial charge in [0.05, 0.1) is 0 Å². The highest BCUT2D eigenvalue weighted by atomic mass is 19.1. The molecule has 2 N–H and O–H groups in total. The van der Waals surface area contributed by atoms with Crippen molar-refractivity contribution in [2.24, 2.45) is 4.99 Å². The lowest BCUT2D eigenvalue weighted by molar-refractivity contribution is 0.352. The molecule has 0 saturated carbocycles. The molecule has 4 nitrogen and oxygen atoms in total. The molecule has 0 radical (unpaired) electrons. The van der Waals surface area contributed by atoms with E-state index in [1.807, 2.05) is 0 Å². The van der Waals surface area contributed by atoms with Gasteiger partial charge in [0.15, 0.2) is 11.5 Å². The first kappa shape index (κ1) is 9.22. The molecule has 1 atom stereocenters. The number of nitrogens with zero attached hydrogens (tertiary/aromatic N) is 1. The number of hydrogen-bond donors (Lipinski definition) is 2. The van der Waals surface area contributed by atoms with Gasteiger partial charge in [0.2, 0.25) is 12.4 Å². The van der Waals surface area contributed by atoms with Crippen LogP contribution in [0.2, 0.25) is 0 Å². The number of halogens is 1. The van der Waals surface area contributed by atoms with E-state index < -0.39 is 12.0 Å². The summed E-state index contributed by atoms with van der Waals surface area (Å²) in [5.74, 6) is -0.813. The number of carbonyl (C=O) groups excluding carboxylic acids is 1. The fourth-order valence-electron chi connectivity index (χ4n) is 0.809. The molecule has 0 bridgehead atoms. The molecule has 0 aliphatic carbocycles. The van der Waals surface area contributed by atoms with E-state index in [1.165, 1.54) is 6.07 Å². The van der Waals surface area contributed by atoms with Crippen LogP contribution in [-0.4, -0.2) is 16.3 Å². The van der Waals surface area contributed by atoms with Crippen LogP contribution in [0.15, 0.2) is 23.2 Å². The zero-order chi connectivity index (χ0) is 9.84. The number of benzene rings is 1. The summed E-state index contributed by atoms with van der Waals surface area (Å²) in [5.41, 5.74) is -0.0151. The summed E-state index contributed by atoms with van der Waals surface area (Å²) in [4.78, 5) is 12.5. The van der Waals surface area contributed by atoms with Gasteiger partial charge in [-0.15, -0.1) is 0 Å². The average Bonchev–Trinajstić information content (AvgIpc) is 2.10. The van der Waals surface area contributed by atoms with E-state index >= 15 is 0 Å². The van der Waals surface area contributed by atoms with Gasteiger partial charge < -0.3 is 10.2 Å². The van der Waals surface area contributed by atoms with Gasteiger partial charge in [0.25, 0.3) is 0 Å². The number of phenols is 2. The monoisotopic (exact) mass is 183 g/mol. The fourth-order valence-corrected chi connectivity index (χ4v) is 0.809. The maximum Gasteiger partial charge on any atom is 0.238 e. The van der Waals surface area contributed by atoms with Crippen molar-refractivity contribution in [2.75, 3.05) is 0 Å². The minimum absolute atomic E-state index is 0.0151. The smallest absolute Gasteiger partial charge is 0.238 e. The first-order chi connectivity index (χ1) is 6.15. The van der Waals surface area contributed by atoms with Gasteiger partial charge >= 0.3 is 0 Å². The van der Waals surface area contributed by atoms with Crippen LogP contribution in [-0.2, 0) is 4.79 Å². The molecule has 0 fully saturated rings. The summed E-state index contributed by atoms with van der Waals surface area (Å²) >= 11 is 0. The maximum absolute atomic E-state index is 12.8. The minimum Gasteiger partial charge on any atom is -0.504 e. The summed E-state index contributed by atoms with van der Waals surface area (Å²) in [6.07, 6.45) is -0.802. The topological polar surface area (TPSA) is 69.9 Å². The molecule has 1 aromatic carbocycles. The van der Waals surface area contributed by atoms with Gasteiger partial charge in [0.1, 0.15) is 0 Å². The van der Waals surface area contributed by atoms with Gasteiger partial charge in [-0.2, -0.15) is 4.99 Å². The van der Waals surface area contributed by atoms with Crippen LogP contribution < -0.4 is 0 Å². The second kappa shape index (κ2) is 3.69. The van der Waals surface area contributed by atoms with Gasteiger partial charge in [0, 0.05) is 5.56 Å². The van der Waals surface area contributed by atoms with Gasteiger partial charge in [-0.25, -0.2) is 9.18 Å². The molecular weight excluding hydrogens is 177 g/mol. The number of rotatable bonds is 2. The molecule has 1 aromatic rings. The molecule has 0 aliphatic heterocycles. The summed E-state index contributed by atoms with van der Waals surface area (Å²) < 4.78 is 12.8. The van der Waals surface area contributed by atoms with Gasteiger partial charge in [-0.3, -0.25) is 0 Å². The van der Waals surface area contributed by atoms with Crippen molar-refractivity contribution in [3.63, 3.8) is 0 Å². The van der Waals surface area contributed by atoms with Crippen LogP contribution in [0.5, 0.6) is 11.5 Å². The molecule has 1 rings (SSSR count). The van der Waals surface area contributed by atoms with Crippen molar-refractivity contribution in [3.05, 3.63) is 23.8 Å². The zero-order valence-electron chi connectivity index (χ0n) is 6.44. The fraction of sp³-hybridized carbons (Fsp3) is 0.125. The predicted octanol–water partition coefficient (Wildman–Crippen LogP) is 1.40. The van der Waals surface area contributed by atoms with Gasteiger partial charge in [-0.1, -0.05) is 6.07 Å². The highest BCUT2D eigenvalue weighted by Gasteiger charge is 2.09. The first-order valence-electron chi connectivity index (χ1n) is 3.38. The van der Waals surface area contributed by atoms with Crippen LogP contribution in [0.1, 0.15) is 11.9 Å². The first-order valence-corrected chi connectivity index (χ1v) is 3.38. The summed E-state index contributed by atoms with van der Waals surface area (Å²) in [7, 11) is 0. The molecule has 0 heterocycles. The number of alkyl halides is 1. The quantitative estimate of drug-likeness (QED) is 0.315. The van der Waals surface area contributed by atoms with E-state index in [9.17, 15) is 9.18 Å². The van der Waals surface area contributed by atoms with E-state index in [0.717, 1.165) is 18.2 Å². The third-order valence-electron chi connectivity index (χ3n) is 1.44. The Hall–Kier alpha value is -1.87. The lowest BCUT2D eigenvalue weighted by Crippen LogP contribution is -1.86. The Morgan fingerprint density at radius 1 is 1.38 bits per heavy atom. The Balaban J connectivity index is 3.03. The Kier molecular flexibility index (Phi) is 2.62. The van der Waals surface area contributed by atoms with E-state index in [2.05, 4.69) is 4.99 Å². The molecule has 0 spiro atoms. The highest BCUT2D eigenvalue weighted by Crippen LogP contribution is 2.29. The molecule has 0 aromatic heterocycles. The Morgan fingerprint density at radius 3 is 2.62 bits per heavy atom. The van der Waals surface area contributed by atoms with E-state index in [-0.39, 0.29) is 11.3 Å². The van der Waals surface area contributed by atoms with Crippen LogP contribution in [0.25, 0.3) is 0 Å². The normalized spacial score (nSPS) is 11.8. The third kappa shape index (κ3) is 2.04. The second-order valence-electron chi connectivity index (χ2n) is 2.30. The van der Waals surface area contributed by atoms with Crippen molar-refractivity contribution in [1.29, 1.82) is 0 Å². The standard InChI is InChI=1S/C8H6FNO3/c9-8(10-4-11)5-1-2-6(12)7(13)3-5/h1-3,8,12-13H. The Labute approximate surface area is 73.0 Å². The Bertz CT molecular complexity index is 360. The molecule has 13 heavy (non-hydrogen) atoms. The van der Waals surface area contributed by atoms with E-state index in [4.69, 9.17) is 10.2 Å². The molecule has 0 aliphatic rings. The zero-order valence-corrected chi connectivity index (χ0v) is 6.44. The number of isocyanates is 1. The lowest BCUT2D eigenvalue weighted by atomic mass is 10.2. The average molecular weight is 183 g/mol. The van der Waals surface area contributed by atoms with Crippen LogP contribution in [0.3, 0.4) is 0 Å². The Morgan fingerprint density at radius 2 is 2.08 bits per heavy atom. The second-order valence-corrected chi connectivity index (χ2v) is 2.30. The SMILES string of the molecule is O=C=NC(F)c1ccc(O)c(O)c1. The largest absolute Gasteiger partial charge is 0.504 e. The van der Waals surface area contributed by atoms with Crippen LogP contribution in [0, 0.1) is 0 Å². The molecule has 0 amide bonds. The van der Waals surface area contributed by atoms with Crippen molar-refractivity contribution in [1.82, 2.24) is 0 Å². The van der Waals surface area contributed by atoms with Crippen molar-refractivity contribution < 1.29 is 19.4 Å². The molecule has 0 saturated heterocycles. The number of hydrogen-bond acceptors (Lipinski definition) is 4. The van der Waals surface area contributed by atoms with Gasteiger partial charge in [-0.05, 0) is 12.1 Å². The number of phenolic OH excluding ortho intramolecular Hbond substituents is 2. The number of aliphatic imine (C=N–C) groups is 1. The van der Waals surface area contributed by atoms with Crippen molar-refractivity contribution in [3.8, 4) is 11.5 Å². The van der Waals surface area contributed by atoms with E-state index in [1.54, 1.807) is 0 Å². The number of aromatic hydroxyl groups is 2. The summed E-state index contributed by atoms with van der Waals surface area (Å²) in [6.45, 7) is 0. The summed E-state index contributed by atoms with van der Waals surface area (Å²) in [5, 5.41) is 17.8.